The van der Waals surface area contributed by atoms with Gasteiger partial charge < -0.3 is 20.3 Å². The number of hydrogen-bond donors (Lipinski definition) is 2. The van der Waals surface area contributed by atoms with Crippen LogP contribution in [0.4, 0.5) is 5.69 Å². The summed E-state index contributed by atoms with van der Waals surface area (Å²) in [7, 11) is 1.74. The van der Waals surface area contributed by atoms with E-state index >= 15 is 0 Å². The molecule has 1 heterocycles. The monoisotopic (exact) mass is 472 g/mol. The van der Waals surface area contributed by atoms with Crippen LogP contribution in [0.15, 0.2) is 29.3 Å². The summed E-state index contributed by atoms with van der Waals surface area (Å²) in [5.74, 6) is 2.55. The van der Waals surface area contributed by atoms with Gasteiger partial charge in [-0.15, -0.1) is 24.0 Å². The smallest absolute Gasteiger partial charge is 0.191 e. The number of benzene rings is 1. The van der Waals surface area contributed by atoms with Gasteiger partial charge in [-0.1, -0.05) is 25.0 Å². The van der Waals surface area contributed by atoms with Crippen molar-refractivity contribution in [1.82, 2.24) is 10.6 Å². The molecule has 1 atom stereocenters. The zero-order chi connectivity index (χ0) is 17.5. The van der Waals surface area contributed by atoms with Crippen molar-refractivity contribution in [3.05, 3.63) is 24.3 Å². The summed E-state index contributed by atoms with van der Waals surface area (Å²) < 4.78 is 5.51. The fraction of sp³-hybridized carbons (Fsp3) is 0.650. The van der Waals surface area contributed by atoms with Crippen molar-refractivity contribution < 1.29 is 4.74 Å². The van der Waals surface area contributed by atoms with Gasteiger partial charge in [-0.25, -0.2) is 0 Å². The first-order valence-corrected chi connectivity index (χ1v) is 9.73. The number of methoxy groups -OCH3 is 1. The predicted octanol–water partition coefficient (Wildman–Crippen LogP) is 3.64. The van der Waals surface area contributed by atoms with Crippen LogP contribution in [0, 0.1) is 5.92 Å². The van der Waals surface area contributed by atoms with Gasteiger partial charge in [-0.05, 0) is 44.2 Å². The van der Waals surface area contributed by atoms with Crippen LogP contribution in [0.25, 0.3) is 0 Å². The number of ether oxygens (including phenoxy) is 1. The van der Waals surface area contributed by atoms with Crippen molar-refractivity contribution in [2.75, 3.05) is 38.2 Å². The molecule has 2 fully saturated rings. The number of guanidine groups is 1. The number of nitrogens with one attached hydrogen (secondary N) is 2. The largest absolute Gasteiger partial charge is 0.495 e. The lowest BCUT2D eigenvalue weighted by atomic mass is 10.1. The summed E-state index contributed by atoms with van der Waals surface area (Å²) in [5.41, 5.74) is 1.20. The molecular weight excluding hydrogens is 439 g/mol. The molecule has 26 heavy (non-hydrogen) atoms. The first-order valence-electron chi connectivity index (χ1n) is 9.73. The molecule has 3 rings (SSSR count). The molecule has 6 heteroatoms. The van der Waals surface area contributed by atoms with E-state index in [-0.39, 0.29) is 24.0 Å². The molecule has 5 nitrogen and oxygen atoms in total. The van der Waals surface area contributed by atoms with E-state index < -0.39 is 0 Å². The number of halogens is 1. The number of rotatable bonds is 6. The molecule has 146 valence electrons. The molecule has 0 amide bonds. The highest BCUT2D eigenvalue weighted by atomic mass is 127. The van der Waals surface area contributed by atoms with E-state index in [0.717, 1.165) is 37.9 Å². The average molecular weight is 472 g/mol. The van der Waals surface area contributed by atoms with Gasteiger partial charge in [0.25, 0.3) is 0 Å². The van der Waals surface area contributed by atoms with Crippen molar-refractivity contribution in [1.29, 1.82) is 0 Å². The number of para-hydroxylation sites is 2. The van der Waals surface area contributed by atoms with Gasteiger partial charge in [-0.2, -0.15) is 0 Å². The molecule has 0 aromatic heterocycles. The highest BCUT2D eigenvalue weighted by Crippen LogP contribution is 2.32. The van der Waals surface area contributed by atoms with E-state index in [9.17, 15) is 0 Å². The molecule has 2 N–H and O–H groups in total. The second kappa shape index (κ2) is 10.8. The maximum Gasteiger partial charge on any atom is 0.191 e. The summed E-state index contributed by atoms with van der Waals surface area (Å²) in [6.45, 7) is 6.05. The van der Waals surface area contributed by atoms with Gasteiger partial charge in [0.05, 0.1) is 12.8 Å². The lowest BCUT2D eigenvalue weighted by Crippen LogP contribution is -2.42. The summed E-state index contributed by atoms with van der Waals surface area (Å²) in [6.07, 6.45) is 6.41. The Morgan fingerprint density at radius 1 is 1.23 bits per heavy atom. The van der Waals surface area contributed by atoms with Crippen LogP contribution in [-0.4, -0.2) is 45.3 Å². The molecular formula is C20H33IN4O. The van der Waals surface area contributed by atoms with Gasteiger partial charge in [0.1, 0.15) is 5.75 Å². The standard InChI is InChI=1S/C20H32N4O.HI/c1-3-21-20(23-17-8-4-5-9-17)22-14-16-12-13-24(15-16)18-10-6-7-11-19(18)25-2;/h6-7,10-11,16-17H,3-5,8-9,12-15H2,1-2H3,(H2,21,22,23);1H. The van der Waals surface area contributed by atoms with E-state index in [1.54, 1.807) is 7.11 Å². The van der Waals surface area contributed by atoms with Gasteiger partial charge in [0.2, 0.25) is 0 Å². The van der Waals surface area contributed by atoms with Crippen molar-refractivity contribution in [3.63, 3.8) is 0 Å². The minimum absolute atomic E-state index is 0. The quantitative estimate of drug-likeness (QED) is 0.377. The zero-order valence-electron chi connectivity index (χ0n) is 16.0. The zero-order valence-corrected chi connectivity index (χ0v) is 18.4. The Kier molecular flexibility index (Phi) is 8.81. The van der Waals surface area contributed by atoms with Crippen LogP contribution < -0.4 is 20.3 Å². The molecule has 1 aromatic rings. The molecule has 0 spiro atoms. The highest BCUT2D eigenvalue weighted by Gasteiger charge is 2.24. The summed E-state index contributed by atoms with van der Waals surface area (Å²) in [4.78, 5) is 7.29. The lowest BCUT2D eigenvalue weighted by Gasteiger charge is -2.21. The maximum atomic E-state index is 5.51. The Balaban J connectivity index is 0.00000243. The van der Waals surface area contributed by atoms with Crippen molar-refractivity contribution in [2.45, 2.75) is 45.1 Å². The third-order valence-corrected chi connectivity index (χ3v) is 5.26. The Morgan fingerprint density at radius 3 is 2.73 bits per heavy atom. The number of anilines is 1. The van der Waals surface area contributed by atoms with E-state index in [1.807, 2.05) is 12.1 Å². The summed E-state index contributed by atoms with van der Waals surface area (Å²) in [5, 5.41) is 7.01. The first-order chi connectivity index (χ1) is 12.3. The minimum atomic E-state index is 0. The second-order valence-electron chi connectivity index (χ2n) is 7.12. The van der Waals surface area contributed by atoms with Crippen molar-refractivity contribution in [2.24, 2.45) is 10.9 Å². The Hall–Kier alpha value is -1.18. The van der Waals surface area contributed by atoms with Crippen molar-refractivity contribution >= 4 is 35.6 Å². The topological polar surface area (TPSA) is 48.9 Å². The third-order valence-electron chi connectivity index (χ3n) is 5.26. The fourth-order valence-corrected chi connectivity index (χ4v) is 3.90. The van der Waals surface area contributed by atoms with E-state index in [4.69, 9.17) is 9.73 Å². The van der Waals surface area contributed by atoms with Crippen LogP contribution in [0.2, 0.25) is 0 Å². The van der Waals surface area contributed by atoms with Gasteiger partial charge in [0.15, 0.2) is 5.96 Å². The third kappa shape index (κ3) is 5.66. The van der Waals surface area contributed by atoms with Crippen LogP contribution in [0.1, 0.15) is 39.0 Å². The second-order valence-corrected chi connectivity index (χ2v) is 7.12. The van der Waals surface area contributed by atoms with Crippen LogP contribution in [0.3, 0.4) is 0 Å². The maximum absolute atomic E-state index is 5.51. The fourth-order valence-electron chi connectivity index (χ4n) is 3.90. The molecule has 1 aromatic carbocycles. The van der Waals surface area contributed by atoms with Gasteiger partial charge in [0, 0.05) is 32.2 Å². The molecule has 2 aliphatic rings. The first kappa shape index (κ1) is 21.1. The molecule has 0 radical (unpaired) electrons. The number of aliphatic imine (C=N–C) groups is 1. The normalized spacial score (nSPS) is 20.8. The molecule has 1 unspecified atom stereocenters. The van der Waals surface area contributed by atoms with E-state index in [0.29, 0.717) is 12.0 Å². The summed E-state index contributed by atoms with van der Waals surface area (Å²) >= 11 is 0. The van der Waals surface area contributed by atoms with Gasteiger partial charge >= 0.3 is 0 Å². The van der Waals surface area contributed by atoms with Crippen LogP contribution >= 0.6 is 24.0 Å². The average Bonchev–Trinajstić information content (AvgIpc) is 3.31. The Morgan fingerprint density at radius 2 is 2.00 bits per heavy atom. The Labute approximate surface area is 175 Å². The van der Waals surface area contributed by atoms with Crippen LogP contribution in [-0.2, 0) is 0 Å². The minimum Gasteiger partial charge on any atom is -0.495 e. The van der Waals surface area contributed by atoms with E-state index in [1.165, 1.54) is 37.8 Å². The molecule has 1 saturated carbocycles. The van der Waals surface area contributed by atoms with Gasteiger partial charge in [-0.3, -0.25) is 4.99 Å². The van der Waals surface area contributed by atoms with Crippen molar-refractivity contribution in [3.8, 4) is 5.75 Å². The SMILES string of the molecule is CCNC(=NCC1CCN(c2ccccc2OC)C1)NC1CCCC1.I. The predicted molar refractivity (Wildman–Crippen MR) is 120 cm³/mol. The molecule has 1 aliphatic heterocycles. The number of hydrogen-bond acceptors (Lipinski definition) is 3. The molecule has 0 bridgehead atoms. The molecule has 1 aliphatic carbocycles. The highest BCUT2D eigenvalue weighted by molar-refractivity contribution is 14.0. The number of nitrogens with zero attached hydrogens (tertiary/aromatic N) is 2. The van der Waals surface area contributed by atoms with Crippen LogP contribution in [0.5, 0.6) is 5.75 Å². The summed E-state index contributed by atoms with van der Waals surface area (Å²) in [6, 6.07) is 8.90. The molecule has 1 saturated heterocycles. The lowest BCUT2D eigenvalue weighted by molar-refractivity contribution is 0.414. The Bertz CT molecular complexity index is 575. The van der Waals surface area contributed by atoms with E-state index in [2.05, 4.69) is 34.6 Å².